The van der Waals surface area contributed by atoms with E-state index in [0.29, 0.717) is 35.1 Å². The second-order valence-electron chi connectivity index (χ2n) is 7.44. The number of fused-ring (bicyclic) bond motifs is 2. The van der Waals surface area contributed by atoms with Gasteiger partial charge in [0.25, 0.3) is 5.91 Å². The lowest BCUT2D eigenvalue weighted by atomic mass is 10.1. The monoisotopic (exact) mass is 428 g/mol. The number of aromatic nitrogens is 2. The van der Waals surface area contributed by atoms with Gasteiger partial charge in [-0.05, 0) is 36.8 Å². The molecule has 0 aliphatic carbocycles. The van der Waals surface area contributed by atoms with Crippen LogP contribution in [0.5, 0.6) is 11.5 Å². The van der Waals surface area contributed by atoms with Crippen LogP contribution in [0.25, 0.3) is 0 Å². The number of rotatable bonds is 4. The molecule has 0 saturated carbocycles. The first-order chi connectivity index (χ1) is 15.0. The maximum absolute atomic E-state index is 14.6. The fourth-order valence-electron chi connectivity index (χ4n) is 3.82. The molecule has 160 valence electrons. The van der Waals surface area contributed by atoms with E-state index in [1.807, 2.05) is 4.90 Å². The highest BCUT2D eigenvalue weighted by Gasteiger charge is 2.31. The average molecular weight is 428 g/mol. The van der Waals surface area contributed by atoms with Crippen LogP contribution in [0.3, 0.4) is 0 Å². The highest BCUT2D eigenvalue weighted by atomic mass is 19.1. The molecule has 10 heteroatoms. The van der Waals surface area contributed by atoms with Crippen LogP contribution in [0.4, 0.5) is 20.2 Å². The van der Waals surface area contributed by atoms with Gasteiger partial charge >= 0.3 is 0 Å². The van der Waals surface area contributed by atoms with Crippen molar-refractivity contribution >= 4 is 17.3 Å². The summed E-state index contributed by atoms with van der Waals surface area (Å²) in [5.41, 5.74) is 1.54. The lowest BCUT2D eigenvalue weighted by Crippen LogP contribution is -2.44. The molecular formula is C21H18F2N4O4. The molecule has 8 nitrogen and oxygen atoms in total. The van der Waals surface area contributed by atoms with Crippen LogP contribution in [0, 0.1) is 18.6 Å². The Morgan fingerprint density at radius 3 is 2.90 bits per heavy atom. The SMILES string of the molecule is Cc1noc(CC2COc3cc(F)ccc3N2Cc2cc(F)c3c(c2)NC(=O)CO3)n1. The van der Waals surface area contributed by atoms with Crippen LogP contribution in [0.2, 0.25) is 0 Å². The number of nitrogens with zero attached hydrogens (tertiary/aromatic N) is 3. The zero-order chi connectivity index (χ0) is 21.5. The molecule has 0 bridgehead atoms. The van der Waals surface area contributed by atoms with Gasteiger partial charge in [0, 0.05) is 12.6 Å². The molecule has 1 atom stereocenters. The molecule has 3 heterocycles. The van der Waals surface area contributed by atoms with Crippen LogP contribution >= 0.6 is 0 Å². The number of hydrogen-bond donors (Lipinski definition) is 1. The van der Waals surface area contributed by atoms with E-state index in [9.17, 15) is 13.6 Å². The average Bonchev–Trinajstić information content (AvgIpc) is 3.14. The molecule has 1 aromatic heterocycles. The van der Waals surface area contributed by atoms with Crippen LogP contribution < -0.4 is 19.7 Å². The van der Waals surface area contributed by atoms with E-state index in [4.69, 9.17) is 14.0 Å². The van der Waals surface area contributed by atoms with Crippen molar-refractivity contribution in [1.82, 2.24) is 10.1 Å². The molecule has 0 radical (unpaired) electrons. The van der Waals surface area contributed by atoms with Gasteiger partial charge in [-0.1, -0.05) is 5.16 Å². The van der Waals surface area contributed by atoms with E-state index in [0.717, 1.165) is 0 Å². The van der Waals surface area contributed by atoms with Gasteiger partial charge in [-0.3, -0.25) is 4.79 Å². The Morgan fingerprint density at radius 1 is 1.23 bits per heavy atom. The first kappa shape index (κ1) is 19.3. The van der Waals surface area contributed by atoms with Gasteiger partial charge in [-0.15, -0.1) is 0 Å². The zero-order valence-electron chi connectivity index (χ0n) is 16.5. The molecule has 1 unspecified atom stereocenters. The summed E-state index contributed by atoms with van der Waals surface area (Å²) in [6.07, 6.45) is 0.394. The first-order valence-electron chi connectivity index (χ1n) is 9.69. The third-order valence-electron chi connectivity index (χ3n) is 5.16. The van der Waals surface area contributed by atoms with Crippen molar-refractivity contribution in [3.63, 3.8) is 0 Å². The Balaban J connectivity index is 1.49. The molecule has 1 N–H and O–H groups in total. The van der Waals surface area contributed by atoms with Crippen LogP contribution in [-0.4, -0.2) is 35.3 Å². The number of nitrogens with one attached hydrogen (secondary N) is 1. The van der Waals surface area contributed by atoms with E-state index in [2.05, 4.69) is 15.5 Å². The molecular weight excluding hydrogens is 410 g/mol. The van der Waals surface area contributed by atoms with Gasteiger partial charge in [0.15, 0.2) is 24.0 Å². The minimum atomic E-state index is -0.566. The fraction of sp³-hybridized carbons (Fsp3) is 0.286. The second kappa shape index (κ2) is 7.53. The molecule has 0 saturated heterocycles. The number of halogens is 2. The summed E-state index contributed by atoms with van der Waals surface area (Å²) in [6.45, 7) is 2.04. The number of amides is 1. The van der Waals surface area contributed by atoms with E-state index in [1.165, 1.54) is 18.2 Å². The highest BCUT2D eigenvalue weighted by Crippen LogP contribution is 2.38. The van der Waals surface area contributed by atoms with Crippen molar-refractivity contribution in [2.45, 2.75) is 25.9 Å². The molecule has 2 aliphatic rings. The number of hydrogen-bond acceptors (Lipinski definition) is 7. The van der Waals surface area contributed by atoms with Gasteiger partial charge in [0.2, 0.25) is 5.89 Å². The smallest absolute Gasteiger partial charge is 0.262 e. The first-order valence-corrected chi connectivity index (χ1v) is 9.69. The highest BCUT2D eigenvalue weighted by molar-refractivity contribution is 5.95. The van der Waals surface area contributed by atoms with Crippen molar-refractivity contribution in [2.24, 2.45) is 0 Å². The van der Waals surface area contributed by atoms with E-state index in [1.54, 1.807) is 19.1 Å². The summed E-state index contributed by atoms with van der Waals surface area (Å²) in [4.78, 5) is 17.9. The zero-order valence-corrected chi connectivity index (χ0v) is 16.5. The Hall–Kier alpha value is -3.69. The van der Waals surface area contributed by atoms with Crippen molar-refractivity contribution in [3.05, 3.63) is 59.2 Å². The molecule has 2 aliphatic heterocycles. The van der Waals surface area contributed by atoms with E-state index >= 15 is 0 Å². The lowest BCUT2D eigenvalue weighted by Gasteiger charge is -2.38. The van der Waals surface area contributed by atoms with E-state index < -0.39 is 11.6 Å². The predicted octanol–water partition coefficient (Wildman–Crippen LogP) is 3.00. The van der Waals surface area contributed by atoms with Crippen molar-refractivity contribution in [3.8, 4) is 11.5 Å². The maximum Gasteiger partial charge on any atom is 0.262 e. The summed E-state index contributed by atoms with van der Waals surface area (Å²) in [7, 11) is 0. The molecule has 2 aromatic carbocycles. The molecule has 3 aromatic rings. The summed E-state index contributed by atoms with van der Waals surface area (Å²) < 4.78 is 44.6. The third kappa shape index (κ3) is 3.76. The standard InChI is InChI=1S/C21H18F2N4O4/c1-11-24-20(31-26-11)7-14-9-29-18-6-13(22)2-3-17(18)27(14)8-12-4-15(23)21-16(5-12)25-19(28)10-30-21/h2-6,14H,7-10H2,1H3,(H,25,28). The van der Waals surface area contributed by atoms with Crippen LogP contribution in [-0.2, 0) is 17.8 Å². The molecule has 5 rings (SSSR count). The summed E-state index contributed by atoms with van der Waals surface area (Å²) in [5, 5.41) is 6.44. The molecule has 0 spiro atoms. The lowest BCUT2D eigenvalue weighted by molar-refractivity contribution is -0.118. The predicted molar refractivity (Wildman–Crippen MR) is 105 cm³/mol. The van der Waals surface area contributed by atoms with Gasteiger partial charge in [0.05, 0.1) is 23.8 Å². The minimum absolute atomic E-state index is 0.0192. The van der Waals surface area contributed by atoms with Gasteiger partial charge in [0.1, 0.15) is 18.2 Å². The fourth-order valence-corrected chi connectivity index (χ4v) is 3.82. The van der Waals surface area contributed by atoms with Crippen LogP contribution in [0.15, 0.2) is 34.9 Å². The Bertz CT molecular complexity index is 1170. The Morgan fingerprint density at radius 2 is 2.10 bits per heavy atom. The normalized spacial score (nSPS) is 17.3. The molecule has 0 fully saturated rings. The number of ether oxygens (including phenoxy) is 2. The number of benzene rings is 2. The third-order valence-corrected chi connectivity index (χ3v) is 5.16. The van der Waals surface area contributed by atoms with Gasteiger partial charge in [-0.25, -0.2) is 8.78 Å². The van der Waals surface area contributed by atoms with Gasteiger partial charge in [-0.2, -0.15) is 4.98 Å². The van der Waals surface area contributed by atoms with Crippen LogP contribution in [0.1, 0.15) is 17.3 Å². The van der Waals surface area contributed by atoms with Crippen molar-refractivity contribution in [2.75, 3.05) is 23.4 Å². The van der Waals surface area contributed by atoms with Crippen molar-refractivity contribution in [1.29, 1.82) is 0 Å². The Labute approximate surface area is 175 Å². The minimum Gasteiger partial charge on any atom is -0.489 e. The molecule has 1 amide bonds. The number of carbonyl (C=O) groups excluding carboxylic acids is 1. The largest absolute Gasteiger partial charge is 0.489 e. The summed E-state index contributed by atoms with van der Waals surface area (Å²) >= 11 is 0. The summed E-state index contributed by atoms with van der Waals surface area (Å²) in [6, 6.07) is 7.09. The topological polar surface area (TPSA) is 89.7 Å². The second-order valence-corrected chi connectivity index (χ2v) is 7.44. The molecule has 31 heavy (non-hydrogen) atoms. The van der Waals surface area contributed by atoms with E-state index in [-0.39, 0.29) is 43.1 Å². The van der Waals surface area contributed by atoms with Gasteiger partial charge < -0.3 is 24.2 Å². The van der Waals surface area contributed by atoms with Crippen molar-refractivity contribution < 1.29 is 27.6 Å². The quantitative estimate of drug-likeness (QED) is 0.683. The maximum atomic E-state index is 14.6. The summed E-state index contributed by atoms with van der Waals surface area (Å²) in [5.74, 6) is 0.0558. The Kier molecular flexibility index (Phi) is 4.68. The number of aryl methyl sites for hydroxylation is 1. The number of carbonyl (C=O) groups is 1. The number of anilines is 2.